The number of nitrogens with zero attached hydrogens (tertiary/aromatic N) is 1. The number of aliphatic hydroxyl groups excluding tert-OH is 1. The average Bonchev–Trinajstić information content (AvgIpc) is 3.38. The van der Waals surface area contributed by atoms with Gasteiger partial charge in [-0.2, -0.15) is 0 Å². The number of fused-ring (bicyclic) bond motifs is 5. The van der Waals surface area contributed by atoms with Gasteiger partial charge in [-0.3, -0.25) is 9.59 Å². The zero-order valence-corrected chi connectivity index (χ0v) is 29.8. The maximum absolute atomic E-state index is 12.9. The zero-order valence-electron chi connectivity index (χ0n) is 28.3. The van der Waals surface area contributed by atoms with Gasteiger partial charge >= 0.3 is 11.9 Å². The van der Waals surface area contributed by atoms with Crippen molar-refractivity contribution in [2.45, 2.75) is 116 Å². The van der Waals surface area contributed by atoms with Crippen LogP contribution in [0, 0.1) is 46.3 Å². The number of esters is 1. The molecule has 0 aliphatic heterocycles. The number of hydrogen-bond donors (Lipinski definition) is 2. The highest BCUT2D eigenvalue weighted by molar-refractivity contribution is 6.18. The summed E-state index contributed by atoms with van der Waals surface area (Å²) in [5.74, 6) is 2.98. The molecule has 1 aromatic carbocycles. The molecule has 0 saturated heterocycles. The Hall–Kier alpha value is -1.50. The highest BCUT2D eigenvalue weighted by Gasteiger charge is 2.63. The predicted molar refractivity (Wildman–Crippen MR) is 186 cm³/mol. The van der Waals surface area contributed by atoms with E-state index in [9.17, 15) is 19.8 Å². The van der Waals surface area contributed by atoms with E-state index in [0.29, 0.717) is 53.7 Å². The third-order valence-electron chi connectivity index (χ3n) is 13.4. The molecule has 2 N–H and O–H groups in total. The number of ether oxygens (including phenoxy) is 1. The van der Waals surface area contributed by atoms with Crippen LogP contribution in [0.2, 0.25) is 0 Å². The number of carboxylic acids is 1. The first-order valence-corrected chi connectivity index (χ1v) is 19.1. The van der Waals surface area contributed by atoms with E-state index in [2.05, 4.69) is 49.9 Å². The van der Waals surface area contributed by atoms with Crippen molar-refractivity contribution < 1.29 is 24.5 Å². The first-order chi connectivity index (χ1) is 22.0. The van der Waals surface area contributed by atoms with Gasteiger partial charge in [0.15, 0.2) is 0 Å². The van der Waals surface area contributed by atoms with Crippen LogP contribution in [0.25, 0.3) is 0 Å². The van der Waals surface area contributed by atoms with Crippen LogP contribution in [0.15, 0.2) is 24.3 Å². The molecule has 10 atom stereocenters. The molecule has 0 amide bonds. The summed E-state index contributed by atoms with van der Waals surface area (Å²) >= 11 is 11.9. The maximum atomic E-state index is 12.9. The largest absolute Gasteiger partial charge is 0.481 e. The number of aryl methyl sites for hydroxylation is 1. The van der Waals surface area contributed by atoms with Gasteiger partial charge in [-0.25, -0.2) is 0 Å². The molecule has 0 bridgehead atoms. The standard InChI is InChI=1S/C38H57Cl2NO5/c1-25(7-14-34(43)44)30-12-13-31-36-32(16-18-38(30,31)3)37(2)17-15-29(23-27(37)24-33(36)42)46-35(45)6-4-5-26-8-10-28(11-9-26)41(21-19-39)22-20-40/h8-11,25,27,29-33,36,42H,4-7,12-24H2,1-3H3,(H,43,44)/t25-,27?,29-,30-,31+,32+,33-,36+,37+,38-/m1/s1. The van der Waals surface area contributed by atoms with Gasteiger partial charge in [0.05, 0.1) is 6.10 Å². The Balaban J connectivity index is 1.12. The summed E-state index contributed by atoms with van der Waals surface area (Å²) in [5, 5.41) is 21.0. The van der Waals surface area contributed by atoms with E-state index < -0.39 is 5.97 Å². The second-order valence-electron chi connectivity index (χ2n) is 15.7. The number of carboxylic acid groups (broad SMARTS) is 1. The summed E-state index contributed by atoms with van der Waals surface area (Å²) in [6.45, 7) is 8.70. The molecule has 4 aliphatic carbocycles. The van der Waals surface area contributed by atoms with Crippen LogP contribution < -0.4 is 4.90 Å². The van der Waals surface area contributed by atoms with Gasteiger partial charge in [0, 0.05) is 43.4 Å². The lowest BCUT2D eigenvalue weighted by Crippen LogP contribution is -2.58. The minimum atomic E-state index is -0.700. The third-order valence-corrected chi connectivity index (χ3v) is 13.7. The molecule has 5 rings (SSSR count). The van der Waals surface area contributed by atoms with Gasteiger partial charge in [0.2, 0.25) is 0 Å². The van der Waals surface area contributed by atoms with Crippen molar-refractivity contribution in [1.82, 2.24) is 0 Å². The number of anilines is 1. The second kappa shape index (κ2) is 15.4. The summed E-state index contributed by atoms with van der Waals surface area (Å²) in [6.07, 6.45) is 10.9. The Labute approximate surface area is 286 Å². The molecular formula is C38H57Cl2NO5. The number of benzene rings is 1. The maximum Gasteiger partial charge on any atom is 0.306 e. The summed E-state index contributed by atoms with van der Waals surface area (Å²) in [6, 6.07) is 8.46. The van der Waals surface area contributed by atoms with Crippen LogP contribution in [0.3, 0.4) is 0 Å². The van der Waals surface area contributed by atoms with Crippen LogP contribution in [-0.4, -0.2) is 59.2 Å². The quantitative estimate of drug-likeness (QED) is 0.152. The Kier molecular flexibility index (Phi) is 12.0. The van der Waals surface area contributed by atoms with Crippen molar-refractivity contribution in [3.63, 3.8) is 0 Å². The number of hydrogen-bond acceptors (Lipinski definition) is 5. The molecule has 1 unspecified atom stereocenters. The number of alkyl halides is 2. The lowest BCUT2D eigenvalue weighted by atomic mass is 9.43. The zero-order chi connectivity index (χ0) is 33.1. The van der Waals surface area contributed by atoms with Gasteiger partial charge in [-0.1, -0.05) is 32.9 Å². The minimum Gasteiger partial charge on any atom is -0.481 e. The summed E-state index contributed by atoms with van der Waals surface area (Å²) in [4.78, 5) is 26.4. The van der Waals surface area contributed by atoms with Crippen molar-refractivity contribution >= 4 is 40.8 Å². The van der Waals surface area contributed by atoms with Crippen molar-refractivity contribution in [3.8, 4) is 0 Å². The molecule has 4 aliphatic rings. The topological polar surface area (TPSA) is 87.1 Å². The molecule has 6 nitrogen and oxygen atoms in total. The van der Waals surface area contributed by atoms with Crippen molar-refractivity contribution in [2.24, 2.45) is 46.3 Å². The molecule has 0 spiro atoms. The van der Waals surface area contributed by atoms with Gasteiger partial charge in [-0.15, -0.1) is 23.2 Å². The fraction of sp³-hybridized carbons (Fsp3) is 0.789. The van der Waals surface area contributed by atoms with Crippen molar-refractivity contribution in [3.05, 3.63) is 29.8 Å². The van der Waals surface area contributed by atoms with E-state index in [1.807, 2.05) is 0 Å². The van der Waals surface area contributed by atoms with Crippen LogP contribution in [0.4, 0.5) is 5.69 Å². The monoisotopic (exact) mass is 677 g/mol. The Bertz CT molecular complexity index is 1170. The molecule has 0 radical (unpaired) electrons. The Morgan fingerprint density at radius 2 is 1.63 bits per heavy atom. The third kappa shape index (κ3) is 7.54. The van der Waals surface area contributed by atoms with E-state index in [4.69, 9.17) is 27.9 Å². The van der Waals surface area contributed by atoms with Crippen LogP contribution in [0.5, 0.6) is 0 Å². The number of aliphatic hydroxyl groups is 1. The Morgan fingerprint density at radius 3 is 2.30 bits per heavy atom. The molecule has 258 valence electrons. The van der Waals surface area contributed by atoms with Crippen LogP contribution in [-0.2, 0) is 20.7 Å². The number of carbonyl (C=O) groups is 2. The van der Waals surface area contributed by atoms with E-state index in [-0.39, 0.29) is 35.4 Å². The average molecular weight is 679 g/mol. The number of rotatable bonds is 14. The predicted octanol–water partition coefficient (Wildman–Crippen LogP) is 8.34. The Morgan fingerprint density at radius 1 is 0.957 bits per heavy atom. The van der Waals surface area contributed by atoms with Gasteiger partial charge < -0.3 is 19.8 Å². The molecule has 4 saturated carbocycles. The summed E-state index contributed by atoms with van der Waals surface area (Å²) < 4.78 is 6.07. The van der Waals surface area contributed by atoms with Crippen molar-refractivity contribution in [2.75, 3.05) is 29.7 Å². The van der Waals surface area contributed by atoms with E-state index >= 15 is 0 Å². The van der Waals surface area contributed by atoms with Crippen molar-refractivity contribution in [1.29, 1.82) is 0 Å². The first kappa shape index (κ1) is 35.8. The number of carbonyl (C=O) groups excluding carboxylic acids is 1. The lowest BCUT2D eigenvalue weighted by molar-refractivity contribution is -0.183. The number of aliphatic carboxylic acids is 1. The van der Waals surface area contributed by atoms with Gasteiger partial charge in [0.25, 0.3) is 0 Å². The fourth-order valence-corrected chi connectivity index (χ4v) is 11.4. The van der Waals surface area contributed by atoms with E-state index in [1.54, 1.807) is 0 Å². The molecule has 0 aromatic heterocycles. The molecular weight excluding hydrogens is 621 g/mol. The number of halogens is 2. The SMILES string of the molecule is C[C@H](CCC(=O)O)[C@H]1CC[C@H]2[C@@H]3[C@H](O)CC4C[C@H](OC(=O)CCCc5ccc(N(CCCl)CCCl)cc5)CC[C@]4(C)[C@H]3CC[C@]12C. The van der Waals surface area contributed by atoms with Gasteiger partial charge in [-0.05, 0) is 135 Å². The van der Waals surface area contributed by atoms with E-state index in [1.165, 1.54) is 12.0 Å². The van der Waals surface area contributed by atoms with E-state index in [0.717, 1.165) is 83.0 Å². The summed E-state index contributed by atoms with van der Waals surface area (Å²) in [7, 11) is 0. The fourth-order valence-electron chi connectivity index (χ4n) is 10.9. The molecule has 46 heavy (non-hydrogen) atoms. The second-order valence-corrected chi connectivity index (χ2v) is 16.5. The summed E-state index contributed by atoms with van der Waals surface area (Å²) in [5.41, 5.74) is 2.69. The highest BCUT2D eigenvalue weighted by atomic mass is 35.5. The van der Waals surface area contributed by atoms with Crippen LogP contribution in [0.1, 0.15) is 103 Å². The first-order valence-electron chi connectivity index (χ1n) is 18.0. The molecule has 8 heteroatoms. The smallest absolute Gasteiger partial charge is 0.306 e. The van der Waals surface area contributed by atoms with Crippen LogP contribution >= 0.6 is 23.2 Å². The lowest BCUT2D eigenvalue weighted by Gasteiger charge is -2.62. The normalized spacial score (nSPS) is 35.8. The highest BCUT2D eigenvalue weighted by Crippen LogP contribution is 2.68. The molecule has 1 aromatic rings. The molecule has 4 fully saturated rings. The minimum absolute atomic E-state index is 0.0525. The van der Waals surface area contributed by atoms with Gasteiger partial charge in [0.1, 0.15) is 6.10 Å². The molecule has 0 heterocycles.